The summed E-state index contributed by atoms with van der Waals surface area (Å²) in [5.74, 6) is 1.52. The van der Waals surface area contributed by atoms with Gasteiger partial charge in [0.15, 0.2) is 0 Å². The summed E-state index contributed by atoms with van der Waals surface area (Å²) in [6, 6.07) is 0. The zero-order chi connectivity index (χ0) is 9.40. The lowest BCUT2D eigenvalue weighted by atomic mass is 9.89. The minimum atomic E-state index is 0.524. The Kier molecular flexibility index (Phi) is 6.82. The number of hydrogen-bond acceptors (Lipinski definition) is 2. The Hall–Kier alpha value is -0.530. The highest BCUT2D eigenvalue weighted by Crippen LogP contribution is 2.20. The summed E-state index contributed by atoms with van der Waals surface area (Å²) in [4.78, 5) is 9.83. The zero-order valence-electron chi connectivity index (χ0n) is 8.38. The van der Waals surface area contributed by atoms with Crippen LogP contribution in [0.15, 0.2) is 0 Å². The summed E-state index contributed by atoms with van der Waals surface area (Å²) in [5, 5.41) is 0. The number of ether oxygens (including phenoxy) is 1. The van der Waals surface area contributed by atoms with Crippen LogP contribution in [0.25, 0.3) is 0 Å². The summed E-state index contributed by atoms with van der Waals surface area (Å²) in [6.45, 7) is 7.80. The molecule has 72 valence electrons. The smallest absolute Gasteiger partial charge is 0.293 e. The largest absolute Gasteiger partial charge is 0.468 e. The molecule has 0 radical (unpaired) electrons. The van der Waals surface area contributed by atoms with Gasteiger partial charge in [0.25, 0.3) is 6.47 Å². The van der Waals surface area contributed by atoms with Crippen molar-refractivity contribution in [2.24, 2.45) is 11.8 Å². The van der Waals surface area contributed by atoms with Gasteiger partial charge < -0.3 is 4.74 Å². The Morgan fingerprint density at radius 2 is 2.08 bits per heavy atom. The molecule has 0 aliphatic rings. The van der Waals surface area contributed by atoms with E-state index in [1.165, 1.54) is 12.8 Å². The van der Waals surface area contributed by atoms with Gasteiger partial charge in [0.1, 0.15) is 0 Å². The summed E-state index contributed by atoms with van der Waals surface area (Å²) >= 11 is 0. The van der Waals surface area contributed by atoms with E-state index in [0.717, 1.165) is 18.3 Å². The molecule has 0 aliphatic heterocycles. The first kappa shape index (κ1) is 11.5. The molecule has 0 rings (SSSR count). The van der Waals surface area contributed by atoms with Gasteiger partial charge in [-0.3, -0.25) is 4.79 Å². The molecule has 0 spiro atoms. The van der Waals surface area contributed by atoms with Crippen LogP contribution in [-0.4, -0.2) is 13.1 Å². The van der Waals surface area contributed by atoms with Gasteiger partial charge in [0, 0.05) is 0 Å². The normalized spacial score (nSPS) is 13.0. The topological polar surface area (TPSA) is 26.3 Å². The van der Waals surface area contributed by atoms with Crippen LogP contribution >= 0.6 is 0 Å². The second-order valence-corrected chi connectivity index (χ2v) is 3.52. The molecule has 0 saturated heterocycles. The van der Waals surface area contributed by atoms with Crippen molar-refractivity contribution in [1.82, 2.24) is 0 Å². The maximum Gasteiger partial charge on any atom is 0.293 e. The van der Waals surface area contributed by atoms with Crippen LogP contribution < -0.4 is 0 Å². The highest BCUT2D eigenvalue weighted by molar-refractivity contribution is 5.36. The van der Waals surface area contributed by atoms with Crippen molar-refractivity contribution >= 4 is 6.47 Å². The highest BCUT2D eigenvalue weighted by Gasteiger charge is 2.09. The maximum atomic E-state index is 9.83. The summed E-state index contributed by atoms with van der Waals surface area (Å²) < 4.78 is 4.63. The molecule has 2 nitrogen and oxygen atoms in total. The lowest BCUT2D eigenvalue weighted by Crippen LogP contribution is -2.08. The monoisotopic (exact) mass is 172 g/mol. The molecule has 1 unspecified atom stereocenters. The summed E-state index contributed by atoms with van der Waals surface area (Å²) in [7, 11) is 0. The van der Waals surface area contributed by atoms with Crippen LogP contribution in [0, 0.1) is 11.8 Å². The van der Waals surface area contributed by atoms with E-state index in [1.54, 1.807) is 0 Å². The van der Waals surface area contributed by atoms with Gasteiger partial charge in [-0.05, 0) is 24.7 Å². The molecule has 0 saturated carbocycles. The summed E-state index contributed by atoms with van der Waals surface area (Å²) in [6.07, 6.45) is 3.39. The van der Waals surface area contributed by atoms with Crippen LogP contribution in [0.3, 0.4) is 0 Å². The van der Waals surface area contributed by atoms with Gasteiger partial charge >= 0.3 is 0 Å². The van der Waals surface area contributed by atoms with E-state index in [9.17, 15) is 4.79 Å². The Balaban J connectivity index is 3.38. The van der Waals surface area contributed by atoms with Crippen molar-refractivity contribution in [2.75, 3.05) is 6.61 Å². The first-order valence-corrected chi connectivity index (χ1v) is 4.77. The fraction of sp³-hybridized carbons (Fsp3) is 0.900. The molecule has 0 aromatic carbocycles. The van der Waals surface area contributed by atoms with Crippen molar-refractivity contribution < 1.29 is 9.53 Å². The number of carbonyl (C=O) groups excluding carboxylic acids is 1. The molecule has 0 heterocycles. The lowest BCUT2D eigenvalue weighted by molar-refractivity contribution is -0.128. The molecule has 0 N–H and O–H groups in total. The van der Waals surface area contributed by atoms with Gasteiger partial charge in [-0.1, -0.05) is 27.2 Å². The van der Waals surface area contributed by atoms with E-state index in [2.05, 4.69) is 25.5 Å². The molecular formula is C10H20O2. The Morgan fingerprint density at radius 1 is 1.42 bits per heavy atom. The third-order valence-electron chi connectivity index (χ3n) is 2.37. The minimum Gasteiger partial charge on any atom is -0.468 e. The Morgan fingerprint density at radius 3 is 2.50 bits per heavy atom. The van der Waals surface area contributed by atoms with Crippen molar-refractivity contribution in [2.45, 2.75) is 40.0 Å². The van der Waals surface area contributed by atoms with Gasteiger partial charge in [-0.2, -0.15) is 0 Å². The first-order valence-electron chi connectivity index (χ1n) is 4.77. The molecule has 0 fully saturated rings. The van der Waals surface area contributed by atoms with Gasteiger partial charge in [0.2, 0.25) is 0 Å². The molecule has 0 bridgehead atoms. The second kappa shape index (κ2) is 7.14. The fourth-order valence-electron chi connectivity index (χ4n) is 1.49. The van der Waals surface area contributed by atoms with Crippen molar-refractivity contribution in [1.29, 1.82) is 0 Å². The SMILES string of the molecule is CCC(CCCOC=O)C(C)C. The van der Waals surface area contributed by atoms with E-state index < -0.39 is 0 Å². The molecule has 12 heavy (non-hydrogen) atoms. The van der Waals surface area contributed by atoms with Crippen LogP contribution in [0.1, 0.15) is 40.0 Å². The van der Waals surface area contributed by atoms with E-state index in [-0.39, 0.29) is 0 Å². The molecular weight excluding hydrogens is 152 g/mol. The number of hydrogen-bond donors (Lipinski definition) is 0. The fourth-order valence-corrected chi connectivity index (χ4v) is 1.49. The van der Waals surface area contributed by atoms with Gasteiger partial charge in [-0.25, -0.2) is 0 Å². The first-order chi connectivity index (χ1) is 5.72. The van der Waals surface area contributed by atoms with Crippen molar-refractivity contribution in [3.05, 3.63) is 0 Å². The van der Waals surface area contributed by atoms with E-state index in [1.807, 2.05) is 0 Å². The molecule has 2 heteroatoms. The van der Waals surface area contributed by atoms with Crippen LogP contribution in [0.5, 0.6) is 0 Å². The summed E-state index contributed by atoms with van der Waals surface area (Å²) in [5.41, 5.74) is 0. The zero-order valence-corrected chi connectivity index (χ0v) is 8.38. The second-order valence-electron chi connectivity index (χ2n) is 3.52. The van der Waals surface area contributed by atoms with Crippen molar-refractivity contribution in [3.63, 3.8) is 0 Å². The highest BCUT2D eigenvalue weighted by atomic mass is 16.5. The predicted octanol–water partition coefficient (Wildman–Crippen LogP) is 2.62. The number of rotatable bonds is 7. The molecule has 0 aromatic heterocycles. The third kappa shape index (κ3) is 5.16. The van der Waals surface area contributed by atoms with Crippen LogP contribution in [0.2, 0.25) is 0 Å². The number of carbonyl (C=O) groups is 1. The average molecular weight is 172 g/mol. The molecule has 0 aliphatic carbocycles. The van der Waals surface area contributed by atoms with E-state index >= 15 is 0 Å². The molecule has 1 atom stereocenters. The Labute approximate surface area is 75.3 Å². The third-order valence-corrected chi connectivity index (χ3v) is 2.37. The van der Waals surface area contributed by atoms with Gasteiger partial charge in [-0.15, -0.1) is 0 Å². The standard InChI is InChI=1S/C10H20O2/c1-4-10(9(2)3)6-5-7-12-8-11/h8-10H,4-7H2,1-3H3. The maximum absolute atomic E-state index is 9.83. The van der Waals surface area contributed by atoms with E-state index in [4.69, 9.17) is 0 Å². The lowest BCUT2D eigenvalue weighted by Gasteiger charge is -2.18. The van der Waals surface area contributed by atoms with Gasteiger partial charge in [0.05, 0.1) is 6.61 Å². The van der Waals surface area contributed by atoms with Crippen LogP contribution in [0.4, 0.5) is 0 Å². The Bertz CT molecular complexity index is 110. The minimum absolute atomic E-state index is 0.524. The molecule has 0 amide bonds. The van der Waals surface area contributed by atoms with Crippen molar-refractivity contribution in [3.8, 4) is 0 Å². The predicted molar refractivity (Wildman–Crippen MR) is 49.9 cm³/mol. The van der Waals surface area contributed by atoms with Crippen LogP contribution in [-0.2, 0) is 9.53 Å². The molecule has 0 aromatic rings. The van der Waals surface area contributed by atoms with E-state index in [0.29, 0.717) is 13.1 Å². The quantitative estimate of drug-likeness (QED) is 0.436. The average Bonchev–Trinajstić information content (AvgIpc) is 2.04.